The quantitative estimate of drug-likeness (QED) is 0.455. The molecule has 0 saturated heterocycles. The molecule has 0 unspecified atom stereocenters. The lowest BCUT2D eigenvalue weighted by Gasteiger charge is -2.42. The minimum atomic E-state index is -2.75. The summed E-state index contributed by atoms with van der Waals surface area (Å²) in [5.74, 6) is 0.831. The Balaban J connectivity index is 2.27. The Bertz CT molecular complexity index is 846. The number of anilines is 2. The molecule has 0 spiro atoms. The summed E-state index contributed by atoms with van der Waals surface area (Å²) in [6.07, 6.45) is 0. The number of hydrogen-bond donors (Lipinski definition) is 1. The molecule has 0 atom stereocenters. The Morgan fingerprint density at radius 1 is 1.00 bits per heavy atom. The molecule has 1 aromatic heterocycles. The number of nitrogens with zero attached hydrogens (tertiary/aromatic N) is 2. The zero-order valence-corrected chi connectivity index (χ0v) is 19.3. The van der Waals surface area contributed by atoms with E-state index in [0.717, 1.165) is 16.0 Å². The van der Waals surface area contributed by atoms with E-state index >= 15 is 0 Å². The number of benzene rings is 1. The Morgan fingerprint density at radius 2 is 1.52 bits per heavy atom. The summed E-state index contributed by atoms with van der Waals surface area (Å²) in [5.41, 5.74) is 2.92. The fourth-order valence-corrected chi connectivity index (χ4v) is 9.66. The minimum absolute atomic E-state index is 0.0680. The Morgan fingerprint density at radius 3 is 1.90 bits per heavy atom. The van der Waals surface area contributed by atoms with Gasteiger partial charge in [0, 0.05) is 11.4 Å². The summed E-state index contributed by atoms with van der Waals surface area (Å²) in [7, 11) is -2.03. The zero-order chi connectivity index (χ0) is 21.9. The maximum Gasteiger partial charge on any atom is 0.319 e. The van der Waals surface area contributed by atoms with Crippen molar-refractivity contribution in [3.05, 3.63) is 41.7 Å². The molecule has 4 nitrogen and oxygen atoms in total. The fourth-order valence-electron chi connectivity index (χ4n) is 4.40. The summed E-state index contributed by atoms with van der Waals surface area (Å²) in [4.78, 5) is 0. The van der Waals surface area contributed by atoms with Crippen molar-refractivity contribution < 1.29 is 13.2 Å². The SMILES string of the molecule is Cc1c(Nc2ccc(O[Si](C(C)C)(C(C)C)C(C)C)cc2)cc(C#N)n1C(F)F. The van der Waals surface area contributed by atoms with Crippen LogP contribution >= 0.6 is 0 Å². The number of rotatable bonds is 8. The van der Waals surface area contributed by atoms with Crippen molar-refractivity contribution in [1.29, 1.82) is 5.26 Å². The molecule has 29 heavy (non-hydrogen) atoms. The second kappa shape index (κ2) is 9.00. The molecule has 0 fully saturated rings. The van der Waals surface area contributed by atoms with Gasteiger partial charge in [0.2, 0.25) is 0 Å². The lowest BCUT2D eigenvalue weighted by atomic mass is 10.3. The van der Waals surface area contributed by atoms with E-state index in [1.807, 2.05) is 30.3 Å². The van der Waals surface area contributed by atoms with Gasteiger partial charge in [-0.2, -0.15) is 14.0 Å². The van der Waals surface area contributed by atoms with Gasteiger partial charge in [0.15, 0.2) is 0 Å². The van der Waals surface area contributed by atoms with Crippen LogP contribution in [0.3, 0.4) is 0 Å². The summed E-state index contributed by atoms with van der Waals surface area (Å²) < 4.78 is 33.8. The summed E-state index contributed by atoms with van der Waals surface area (Å²) in [5, 5.41) is 12.2. The summed E-state index contributed by atoms with van der Waals surface area (Å²) in [6, 6.07) is 10.9. The molecule has 2 rings (SSSR count). The molecule has 0 aliphatic heterocycles. The van der Waals surface area contributed by atoms with Gasteiger partial charge in [-0.15, -0.1) is 0 Å². The monoisotopic (exact) mass is 419 g/mol. The third kappa shape index (κ3) is 4.48. The largest absolute Gasteiger partial charge is 0.543 e. The van der Waals surface area contributed by atoms with E-state index in [9.17, 15) is 8.78 Å². The third-order valence-electron chi connectivity index (χ3n) is 5.74. The number of nitrogens with one attached hydrogen (secondary N) is 1. The van der Waals surface area contributed by atoms with Gasteiger partial charge in [0.25, 0.3) is 8.32 Å². The molecule has 1 heterocycles. The van der Waals surface area contributed by atoms with Crippen molar-refractivity contribution in [2.45, 2.75) is 71.6 Å². The van der Waals surface area contributed by atoms with Crippen LogP contribution in [0, 0.1) is 18.3 Å². The number of halogens is 2. The van der Waals surface area contributed by atoms with E-state index in [1.54, 1.807) is 6.92 Å². The predicted molar refractivity (Wildman–Crippen MR) is 117 cm³/mol. The standard InChI is InChI=1S/C22H31F2N3OSi/c1-14(2)29(15(3)4,16(5)6)28-20-10-8-18(9-11-20)26-21-12-19(13-25)27(17(21)7)22(23)24/h8-12,14-16,22,26H,1-7H3. The summed E-state index contributed by atoms with van der Waals surface area (Å²) >= 11 is 0. The Kier molecular flexibility index (Phi) is 7.12. The average molecular weight is 420 g/mol. The van der Waals surface area contributed by atoms with Crippen LogP contribution in [0.2, 0.25) is 16.6 Å². The molecule has 0 bridgehead atoms. The maximum absolute atomic E-state index is 13.2. The smallest absolute Gasteiger partial charge is 0.319 e. The number of nitriles is 1. The first-order valence-electron chi connectivity index (χ1n) is 10.0. The summed E-state index contributed by atoms with van der Waals surface area (Å²) in [6.45, 7) is 12.3. The molecule has 0 saturated carbocycles. The van der Waals surface area contributed by atoms with E-state index in [4.69, 9.17) is 9.69 Å². The Hall–Kier alpha value is -2.33. The van der Waals surface area contributed by atoms with Crippen molar-refractivity contribution in [3.8, 4) is 11.8 Å². The lowest BCUT2D eigenvalue weighted by Crippen LogP contribution is -2.50. The minimum Gasteiger partial charge on any atom is -0.543 e. The first-order chi connectivity index (χ1) is 13.5. The van der Waals surface area contributed by atoms with Gasteiger partial charge in [-0.05, 0) is 53.9 Å². The third-order valence-corrected chi connectivity index (χ3v) is 11.7. The molecule has 2 aromatic rings. The van der Waals surface area contributed by atoms with Crippen LogP contribution in [0.15, 0.2) is 30.3 Å². The molecule has 7 heteroatoms. The average Bonchev–Trinajstić information content (AvgIpc) is 2.95. The van der Waals surface area contributed by atoms with Gasteiger partial charge >= 0.3 is 6.55 Å². The van der Waals surface area contributed by atoms with E-state index in [1.165, 1.54) is 6.07 Å². The highest BCUT2D eigenvalue weighted by Gasteiger charge is 2.46. The topological polar surface area (TPSA) is 50.0 Å². The second-order valence-electron chi connectivity index (χ2n) is 8.36. The van der Waals surface area contributed by atoms with Gasteiger partial charge in [0.05, 0.1) is 5.69 Å². The fraction of sp³-hybridized carbons (Fsp3) is 0.500. The highest BCUT2D eigenvalue weighted by Crippen LogP contribution is 2.43. The maximum atomic E-state index is 13.2. The molecule has 158 valence electrons. The van der Waals surface area contributed by atoms with Crippen molar-refractivity contribution >= 4 is 19.7 Å². The first kappa shape index (κ1) is 23.0. The molecule has 0 aliphatic rings. The number of hydrogen-bond acceptors (Lipinski definition) is 3. The van der Waals surface area contributed by atoms with Crippen molar-refractivity contribution in [3.63, 3.8) is 0 Å². The van der Waals surface area contributed by atoms with Crippen LogP contribution in [-0.4, -0.2) is 12.9 Å². The van der Waals surface area contributed by atoms with Crippen LogP contribution in [0.5, 0.6) is 5.75 Å². The van der Waals surface area contributed by atoms with Crippen molar-refractivity contribution in [1.82, 2.24) is 4.57 Å². The van der Waals surface area contributed by atoms with Gasteiger partial charge in [0.1, 0.15) is 17.5 Å². The van der Waals surface area contributed by atoms with Crippen LogP contribution in [0.1, 0.15) is 59.5 Å². The highest BCUT2D eigenvalue weighted by molar-refractivity contribution is 6.78. The first-order valence-corrected chi connectivity index (χ1v) is 12.1. The lowest BCUT2D eigenvalue weighted by molar-refractivity contribution is 0.0679. The van der Waals surface area contributed by atoms with E-state index in [2.05, 4.69) is 46.9 Å². The zero-order valence-electron chi connectivity index (χ0n) is 18.3. The highest BCUT2D eigenvalue weighted by atomic mass is 28.4. The van der Waals surface area contributed by atoms with Crippen LogP contribution in [-0.2, 0) is 0 Å². The predicted octanol–water partition coefficient (Wildman–Crippen LogP) is 7.36. The van der Waals surface area contributed by atoms with Crippen molar-refractivity contribution in [2.75, 3.05) is 5.32 Å². The van der Waals surface area contributed by atoms with Crippen LogP contribution < -0.4 is 9.74 Å². The van der Waals surface area contributed by atoms with E-state index in [0.29, 0.717) is 28.0 Å². The molecular formula is C22H31F2N3OSi. The molecule has 0 aliphatic carbocycles. The van der Waals surface area contributed by atoms with Gasteiger partial charge in [-0.25, -0.2) is 0 Å². The van der Waals surface area contributed by atoms with Crippen LogP contribution in [0.25, 0.3) is 0 Å². The number of alkyl halides is 2. The van der Waals surface area contributed by atoms with Gasteiger partial charge < -0.3 is 9.74 Å². The molecular weight excluding hydrogens is 388 g/mol. The van der Waals surface area contributed by atoms with E-state index < -0.39 is 14.9 Å². The normalized spacial score (nSPS) is 12.1. The Labute approximate surface area is 173 Å². The molecule has 0 amide bonds. The molecule has 0 radical (unpaired) electrons. The van der Waals surface area contributed by atoms with Gasteiger partial charge in [-0.3, -0.25) is 4.57 Å². The van der Waals surface area contributed by atoms with Crippen molar-refractivity contribution in [2.24, 2.45) is 0 Å². The second-order valence-corrected chi connectivity index (χ2v) is 13.7. The number of aromatic nitrogens is 1. The van der Waals surface area contributed by atoms with E-state index in [-0.39, 0.29) is 5.69 Å². The molecule has 1 aromatic carbocycles. The molecule has 1 N–H and O–H groups in total. The van der Waals surface area contributed by atoms with Crippen LogP contribution in [0.4, 0.5) is 20.2 Å². The van der Waals surface area contributed by atoms with Gasteiger partial charge in [-0.1, -0.05) is 41.5 Å².